The quantitative estimate of drug-likeness (QED) is 0.831. The summed E-state index contributed by atoms with van der Waals surface area (Å²) in [6, 6.07) is 4.18. The van der Waals surface area contributed by atoms with E-state index in [1.807, 2.05) is 13.1 Å². The van der Waals surface area contributed by atoms with Gasteiger partial charge in [-0.15, -0.1) is 0 Å². The number of nitrogens with one attached hydrogen (secondary N) is 1. The standard InChI is InChI=1S/C17H24N2/c1-13-7-8-14(12-18-13)19-15-11-17(16(15,2)3)9-5-4-6-10-17/h7-8,11-12,19H,4-6,9-10H2,1-3H3. The van der Waals surface area contributed by atoms with Crippen molar-refractivity contribution < 1.29 is 0 Å². The van der Waals surface area contributed by atoms with E-state index in [0.717, 1.165) is 11.4 Å². The highest BCUT2D eigenvalue weighted by atomic mass is 15.0. The Morgan fingerprint density at radius 3 is 2.42 bits per heavy atom. The van der Waals surface area contributed by atoms with Gasteiger partial charge in [0.2, 0.25) is 0 Å². The number of hydrogen-bond donors (Lipinski definition) is 1. The molecular weight excluding hydrogens is 232 g/mol. The predicted molar refractivity (Wildman–Crippen MR) is 80.0 cm³/mol. The molecule has 1 heterocycles. The van der Waals surface area contributed by atoms with Crippen LogP contribution in [-0.2, 0) is 0 Å². The summed E-state index contributed by atoms with van der Waals surface area (Å²) in [4.78, 5) is 4.35. The van der Waals surface area contributed by atoms with Crippen LogP contribution in [0.4, 0.5) is 5.69 Å². The van der Waals surface area contributed by atoms with Gasteiger partial charge in [0.05, 0.1) is 11.9 Å². The Kier molecular flexibility index (Phi) is 2.92. The van der Waals surface area contributed by atoms with Gasteiger partial charge in [0.15, 0.2) is 0 Å². The van der Waals surface area contributed by atoms with Crippen molar-refractivity contribution in [3.05, 3.63) is 35.8 Å². The molecule has 3 rings (SSSR count). The van der Waals surface area contributed by atoms with Crippen LogP contribution in [0, 0.1) is 17.8 Å². The second kappa shape index (κ2) is 4.36. The lowest BCUT2D eigenvalue weighted by Gasteiger charge is -2.56. The zero-order chi connectivity index (χ0) is 13.5. The lowest BCUT2D eigenvalue weighted by atomic mass is 9.50. The summed E-state index contributed by atoms with van der Waals surface area (Å²) in [5.41, 5.74) is 4.27. The molecule has 19 heavy (non-hydrogen) atoms. The molecule has 102 valence electrons. The Balaban J connectivity index is 1.79. The molecular formula is C17H24N2. The molecule has 1 N–H and O–H groups in total. The van der Waals surface area contributed by atoms with Gasteiger partial charge in [-0.25, -0.2) is 0 Å². The van der Waals surface area contributed by atoms with E-state index in [4.69, 9.17) is 0 Å². The van der Waals surface area contributed by atoms with Crippen molar-refractivity contribution >= 4 is 5.69 Å². The van der Waals surface area contributed by atoms with Crippen molar-refractivity contribution in [2.45, 2.75) is 52.9 Å². The van der Waals surface area contributed by atoms with Crippen LogP contribution in [0.25, 0.3) is 0 Å². The molecule has 2 nitrogen and oxygen atoms in total. The first kappa shape index (κ1) is 12.7. The number of nitrogens with zero attached hydrogens (tertiary/aromatic N) is 1. The van der Waals surface area contributed by atoms with Crippen LogP contribution in [0.5, 0.6) is 0 Å². The van der Waals surface area contributed by atoms with Crippen molar-refractivity contribution in [3.63, 3.8) is 0 Å². The van der Waals surface area contributed by atoms with Crippen molar-refractivity contribution in [2.75, 3.05) is 5.32 Å². The Morgan fingerprint density at radius 1 is 1.11 bits per heavy atom. The first-order valence-electron chi connectivity index (χ1n) is 7.47. The zero-order valence-corrected chi connectivity index (χ0v) is 12.3. The molecule has 2 aliphatic carbocycles. The lowest BCUT2D eigenvalue weighted by Crippen LogP contribution is -2.49. The zero-order valence-electron chi connectivity index (χ0n) is 12.3. The summed E-state index contributed by atoms with van der Waals surface area (Å²) in [7, 11) is 0. The second-order valence-corrected chi connectivity index (χ2v) is 6.71. The number of allylic oxidation sites excluding steroid dienone is 2. The molecule has 2 heteroatoms. The van der Waals surface area contributed by atoms with E-state index in [0.29, 0.717) is 5.41 Å². The van der Waals surface area contributed by atoms with Crippen LogP contribution in [0.2, 0.25) is 0 Å². The number of hydrogen-bond acceptors (Lipinski definition) is 2. The van der Waals surface area contributed by atoms with E-state index in [2.05, 4.69) is 42.4 Å². The van der Waals surface area contributed by atoms with Gasteiger partial charge in [0.25, 0.3) is 0 Å². The van der Waals surface area contributed by atoms with Gasteiger partial charge in [0, 0.05) is 22.2 Å². The Hall–Kier alpha value is -1.31. The summed E-state index contributed by atoms with van der Waals surface area (Å²) in [5.74, 6) is 0. The summed E-state index contributed by atoms with van der Waals surface area (Å²) in [6.45, 7) is 6.80. The van der Waals surface area contributed by atoms with Crippen LogP contribution in [0.3, 0.4) is 0 Å². The highest BCUT2D eigenvalue weighted by molar-refractivity contribution is 5.52. The van der Waals surface area contributed by atoms with Crippen molar-refractivity contribution in [1.29, 1.82) is 0 Å². The third-order valence-corrected chi connectivity index (χ3v) is 5.27. The minimum absolute atomic E-state index is 0.276. The summed E-state index contributed by atoms with van der Waals surface area (Å²) >= 11 is 0. The van der Waals surface area contributed by atoms with Gasteiger partial charge in [-0.05, 0) is 31.9 Å². The third-order valence-electron chi connectivity index (χ3n) is 5.27. The third kappa shape index (κ3) is 1.98. The molecule has 0 atom stereocenters. The number of pyridine rings is 1. The molecule has 2 aliphatic rings. The summed E-state index contributed by atoms with van der Waals surface area (Å²) in [6.07, 6.45) is 11.3. The normalized spacial score (nSPS) is 23.6. The van der Waals surface area contributed by atoms with Gasteiger partial charge < -0.3 is 5.32 Å². The highest BCUT2D eigenvalue weighted by Crippen LogP contribution is 2.61. The average molecular weight is 256 g/mol. The molecule has 1 fully saturated rings. The van der Waals surface area contributed by atoms with Gasteiger partial charge in [-0.2, -0.15) is 0 Å². The topological polar surface area (TPSA) is 24.9 Å². The first-order chi connectivity index (χ1) is 9.03. The van der Waals surface area contributed by atoms with Crippen LogP contribution in [0.15, 0.2) is 30.1 Å². The minimum atomic E-state index is 0.276. The van der Waals surface area contributed by atoms with E-state index in [1.54, 1.807) is 0 Å². The maximum Gasteiger partial charge on any atom is 0.0568 e. The fourth-order valence-corrected chi connectivity index (χ4v) is 3.67. The predicted octanol–water partition coefficient (Wildman–Crippen LogP) is 4.68. The molecule has 0 aromatic carbocycles. The van der Waals surface area contributed by atoms with Crippen LogP contribution in [0.1, 0.15) is 51.6 Å². The van der Waals surface area contributed by atoms with Gasteiger partial charge in [0.1, 0.15) is 0 Å². The van der Waals surface area contributed by atoms with Crippen LogP contribution in [-0.4, -0.2) is 4.98 Å². The highest BCUT2D eigenvalue weighted by Gasteiger charge is 2.53. The molecule has 0 saturated heterocycles. The van der Waals surface area contributed by atoms with Gasteiger partial charge in [-0.1, -0.05) is 39.2 Å². The monoisotopic (exact) mass is 256 g/mol. The molecule has 0 unspecified atom stereocenters. The van der Waals surface area contributed by atoms with Gasteiger partial charge >= 0.3 is 0 Å². The largest absolute Gasteiger partial charge is 0.357 e. The van der Waals surface area contributed by atoms with Crippen LogP contribution < -0.4 is 5.32 Å². The van der Waals surface area contributed by atoms with E-state index in [-0.39, 0.29) is 5.41 Å². The Morgan fingerprint density at radius 2 is 1.84 bits per heavy atom. The number of aromatic nitrogens is 1. The lowest BCUT2D eigenvalue weighted by molar-refractivity contribution is 0.0711. The maximum atomic E-state index is 4.35. The molecule has 0 amide bonds. The van der Waals surface area contributed by atoms with Crippen molar-refractivity contribution in [3.8, 4) is 0 Å². The SMILES string of the molecule is Cc1ccc(NC2=CC3(CCCCC3)C2(C)C)cn1. The molecule has 0 bridgehead atoms. The Bertz CT molecular complexity index is 490. The molecule has 1 saturated carbocycles. The first-order valence-corrected chi connectivity index (χ1v) is 7.47. The molecule has 1 aromatic rings. The van der Waals surface area contributed by atoms with E-state index >= 15 is 0 Å². The summed E-state index contributed by atoms with van der Waals surface area (Å²) < 4.78 is 0. The second-order valence-electron chi connectivity index (χ2n) is 6.71. The number of anilines is 1. The molecule has 0 aliphatic heterocycles. The Labute approximate surface area is 116 Å². The summed E-state index contributed by atoms with van der Waals surface area (Å²) in [5, 5.41) is 3.57. The molecule has 1 aromatic heterocycles. The van der Waals surface area contributed by atoms with Crippen molar-refractivity contribution in [2.24, 2.45) is 10.8 Å². The van der Waals surface area contributed by atoms with Crippen molar-refractivity contribution in [1.82, 2.24) is 4.98 Å². The van der Waals surface area contributed by atoms with E-state index < -0.39 is 0 Å². The minimum Gasteiger partial charge on any atom is -0.357 e. The smallest absolute Gasteiger partial charge is 0.0568 e. The van der Waals surface area contributed by atoms with Crippen LogP contribution >= 0.6 is 0 Å². The van der Waals surface area contributed by atoms with E-state index in [9.17, 15) is 0 Å². The van der Waals surface area contributed by atoms with Gasteiger partial charge in [-0.3, -0.25) is 4.98 Å². The number of aryl methyl sites for hydroxylation is 1. The molecule has 0 radical (unpaired) electrons. The van der Waals surface area contributed by atoms with E-state index in [1.165, 1.54) is 37.8 Å². The fraction of sp³-hybridized carbons (Fsp3) is 0.588. The average Bonchev–Trinajstić information content (AvgIpc) is 2.42. The maximum absolute atomic E-state index is 4.35. The number of rotatable bonds is 2. The molecule has 1 spiro atoms. The fourth-order valence-electron chi connectivity index (χ4n) is 3.67.